The molecule has 1 heterocycles. The molecule has 4 nitrogen and oxygen atoms in total. The summed E-state index contributed by atoms with van der Waals surface area (Å²) >= 11 is 6.23. The van der Waals surface area contributed by atoms with Gasteiger partial charge in [-0.15, -0.1) is 0 Å². The highest BCUT2D eigenvalue weighted by Gasteiger charge is 2.12. The largest absolute Gasteiger partial charge is 0.465 e. The second-order valence-corrected chi connectivity index (χ2v) is 6.34. The summed E-state index contributed by atoms with van der Waals surface area (Å²) in [5.74, 6) is 0.927. The van der Waals surface area contributed by atoms with Crippen LogP contribution in [0.2, 0.25) is 5.02 Å². The standard InChI is InChI=1S/C20H18ClNO3/c1-11-7-15(8-12(2)19(11)21)25-18-9-13(3)22-17-6-5-14(10-16(17)18)20(23)24-4/h5-10H,1-4H3. The maximum absolute atomic E-state index is 11.8. The van der Waals surface area contributed by atoms with Gasteiger partial charge >= 0.3 is 5.97 Å². The van der Waals surface area contributed by atoms with Crippen molar-refractivity contribution in [3.05, 3.63) is 63.8 Å². The van der Waals surface area contributed by atoms with Crippen molar-refractivity contribution >= 4 is 28.5 Å². The number of methoxy groups -OCH3 is 1. The molecule has 0 aliphatic heterocycles. The Morgan fingerprint density at radius 2 is 1.72 bits per heavy atom. The van der Waals surface area contributed by atoms with E-state index in [1.54, 1.807) is 18.2 Å². The molecule has 25 heavy (non-hydrogen) atoms. The van der Waals surface area contributed by atoms with E-state index in [9.17, 15) is 4.79 Å². The second kappa shape index (κ2) is 6.73. The Balaban J connectivity index is 2.12. The number of nitrogens with zero attached hydrogens (tertiary/aromatic N) is 1. The number of hydrogen-bond acceptors (Lipinski definition) is 4. The fourth-order valence-electron chi connectivity index (χ4n) is 2.74. The molecule has 0 aliphatic carbocycles. The van der Waals surface area contributed by atoms with Gasteiger partial charge in [-0.2, -0.15) is 0 Å². The van der Waals surface area contributed by atoms with E-state index in [-0.39, 0.29) is 0 Å². The molecule has 0 saturated heterocycles. The quantitative estimate of drug-likeness (QED) is 0.591. The monoisotopic (exact) mass is 355 g/mol. The molecular weight excluding hydrogens is 338 g/mol. The molecule has 1 aromatic heterocycles. The van der Waals surface area contributed by atoms with Crippen LogP contribution < -0.4 is 4.74 Å². The van der Waals surface area contributed by atoms with Crippen molar-refractivity contribution in [2.75, 3.05) is 7.11 Å². The van der Waals surface area contributed by atoms with E-state index in [1.807, 2.05) is 39.0 Å². The molecule has 0 unspecified atom stereocenters. The smallest absolute Gasteiger partial charge is 0.337 e. The van der Waals surface area contributed by atoms with E-state index in [0.717, 1.165) is 32.7 Å². The number of carbonyl (C=O) groups is 1. The predicted octanol–water partition coefficient (Wildman–Crippen LogP) is 5.39. The van der Waals surface area contributed by atoms with Crippen LogP contribution in [0.15, 0.2) is 36.4 Å². The van der Waals surface area contributed by atoms with E-state index in [1.165, 1.54) is 7.11 Å². The molecule has 0 atom stereocenters. The van der Waals surface area contributed by atoms with Crippen LogP contribution in [0.5, 0.6) is 11.5 Å². The highest BCUT2D eigenvalue weighted by atomic mass is 35.5. The number of carbonyl (C=O) groups excluding carboxylic acids is 1. The molecule has 0 fully saturated rings. The van der Waals surface area contributed by atoms with Crippen LogP contribution in [-0.4, -0.2) is 18.1 Å². The minimum absolute atomic E-state index is 0.397. The van der Waals surface area contributed by atoms with Crippen molar-refractivity contribution in [3.8, 4) is 11.5 Å². The highest BCUT2D eigenvalue weighted by Crippen LogP contribution is 2.33. The van der Waals surface area contributed by atoms with Crippen LogP contribution in [0.4, 0.5) is 0 Å². The lowest BCUT2D eigenvalue weighted by Gasteiger charge is -2.13. The Labute approximate surface area is 151 Å². The number of pyridine rings is 1. The summed E-state index contributed by atoms with van der Waals surface area (Å²) in [6.07, 6.45) is 0. The van der Waals surface area contributed by atoms with Crippen LogP contribution in [0.3, 0.4) is 0 Å². The molecule has 3 rings (SSSR count). The summed E-state index contributed by atoms with van der Waals surface area (Å²) in [6.45, 7) is 5.78. The van der Waals surface area contributed by atoms with E-state index in [0.29, 0.717) is 17.1 Å². The number of rotatable bonds is 3. The lowest BCUT2D eigenvalue weighted by molar-refractivity contribution is 0.0601. The molecular formula is C20H18ClNO3. The Bertz CT molecular complexity index is 959. The number of aromatic nitrogens is 1. The Hall–Kier alpha value is -2.59. The zero-order chi connectivity index (χ0) is 18.1. The van der Waals surface area contributed by atoms with Crippen molar-refractivity contribution in [3.63, 3.8) is 0 Å². The van der Waals surface area contributed by atoms with E-state index in [2.05, 4.69) is 4.98 Å². The Kier molecular flexibility index (Phi) is 4.64. The van der Waals surface area contributed by atoms with Gasteiger partial charge in [0.1, 0.15) is 11.5 Å². The first-order valence-corrected chi connectivity index (χ1v) is 8.21. The third-order valence-corrected chi connectivity index (χ3v) is 4.55. The topological polar surface area (TPSA) is 48.4 Å². The number of ether oxygens (including phenoxy) is 2. The summed E-state index contributed by atoms with van der Waals surface area (Å²) in [5.41, 5.74) is 3.93. The second-order valence-electron chi connectivity index (χ2n) is 5.96. The fraction of sp³-hybridized carbons (Fsp3) is 0.200. The van der Waals surface area contributed by atoms with Crippen molar-refractivity contribution in [1.82, 2.24) is 4.98 Å². The molecule has 0 radical (unpaired) electrons. The molecule has 0 spiro atoms. The zero-order valence-corrected chi connectivity index (χ0v) is 15.3. The van der Waals surface area contributed by atoms with Gasteiger partial charge < -0.3 is 9.47 Å². The van der Waals surface area contributed by atoms with Crippen LogP contribution in [0.25, 0.3) is 10.9 Å². The summed E-state index contributed by atoms with van der Waals surface area (Å²) in [4.78, 5) is 16.3. The maximum Gasteiger partial charge on any atom is 0.337 e. The van der Waals surface area contributed by atoms with Crippen molar-refractivity contribution in [1.29, 1.82) is 0 Å². The first-order valence-electron chi connectivity index (χ1n) is 7.83. The highest BCUT2D eigenvalue weighted by molar-refractivity contribution is 6.32. The number of hydrogen-bond donors (Lipinski definition) is 0. The molecule has 2 aromatic carbocycles. The zero-order valence-electron chi connectivity index (χ0n) is 14.5. The van der Waals surface area contributed by atoms with Gasteiger partial charge in [0, 0.05) is 22.2 Å². The molecule has 0 bridgehead atoms. The summed E-state index contributed by atoms with van der Waals surface area (Å²) in [7, 11) is 1.36. The van der Waals surface area contributed by atoms with Gasteiger partial charge in [0.2, 0.25) is 0 Å². The summed E-state index contributed by atoms with van der Waals surface area (Å²) in [6, 6.07) is 10.9. The number of esters is 1. The van der Waals surface area contributed by atoms with Gasteiger partial charge in [-0.1, -0.05) is 11.6 Å². The molecule has 0 amide bonds. The lowest BCUT2D eigenvalue weighted by atomic mass is 10.1. The van der Waals surface area contributed by atoms with E-state index >= 15 is 0 Å². The molecule has 0 saturated carbocycles. The van der Waals surface area contributed by atoms with Crippen molar-refractivity contribution in [2.24, 2.45) is 0 Å². The van der Waals surface area contributed by atoms with Gasteiger partial charge in [0.05, 0.1) is 18.2 Å². The van der Waals surface area contributed by atoms with Crippen molar-refractivity contribution in [2.45, 2.75) is 20.8 Å². The summed E-state index contributed by atoms with van der Waals surface area (Å²) in [5, 5.41) is 1.48. The van der Waals surface area contributed by atoms with Gasteiger partial charge in [-0.05, 0) is 62.2 Å². The number of fused-ring (bicyclic) bond motifs is 1. The van der Waals surface area contributed by atoms with Gasteiger partial charge in [-0.3, -0.25) is 4.98 Å². The van der Waals surface area contributed by atoms with Crippen LogP contribution in [0.1, 0.15) is 27.2 Å². The Morgan fingerprint density at radius 1 is 1.04 bits per heavy atom. The number of benzene rings is 2. The summed E-state index contributed by atoms with van der Waals surface area (Å²) < 4.78 is 10.9. The van der Waals surface area contributed by atoms with Crippen molar-refractivity contribution < 1.29 is 14.3 Å². The molecule has 3 aromatic rings. The average molecular weight is 356 g/mol. The Morgan fingerprint density at radius 3 is 2.36 bits per heavy atom. The normalized spacial score (nSPS) is 10.8. The van der Waals surface area contributed by atoms with Gasteiger partial charge in [0.25, 0.3) is 0 Å². The molecule has 5 heteroatoms. The average Bonchev–Trinajstić information content (AvgIpc) is 2.58. The first-order chi connectivity index (χ1) is 11.9. The van der Waals surface area contributed by atoms with Gasteiger partial charge in [0.15, 0.2) is 0 Å². The minimum Gasteiger partial charge on any atom is -0.465 e. The van der Waals surface area contributed by atoms with E-state index in [4.69, 9.17) is 21.1 Å². The number of aryl methyl sites for hydroxylation is 3. The molecule has 128 valence electrons. The first kappa shape index (κ1) is 17.2. The lowest BCUT2D eigenvalue weighted by Crippen LogP contribution is -2.01. The number of halogens is 1. The van der Waals surface area contributed by atoms with Gasteiger partial charge in [-0.25, -0.2) is 4.79 Å². The third-order valence-electron chi connectivity index (χ3n) is 3.96. The fourth-order valence-corrected chi connectivity index (χ4v) is 2.85. The maximum atomic E-state index is 11.8. The molecule has 0 aliphatic rings. The van der Waals surface area contributed by atoms with Crippen LogP contribution >= 0.6 is 11.6 Å². The SMILES string of the molecule is COC(=O)c1ccc2nc(C)cc(Oc3cc(C)c(Cl)c(C)c3)c2c1. The minimum atomic E-state index is -0.397. The van der Waals surface area contributed by atoms with Crippen LogP contribution in [0, 0.1) is 20.8 Å². The van der Waals surface area contributed by atoms with Crippen LogP contribution in [-0.2, 0) is 4.74 Å². The molecule has 0 N–H and O–H groups in total. The van der Waals surface area contributed by atoms with E-state index < -0.39 is 5.97 Å². The third kappa shape index (κ3) is 3.44. The predicted molar refractivity (Wildman–Crippen MR) is 98.8 cm³/mol.